The van der Waals surface area contributed by atoms with Crippen LogP contribution >= 0.6 is 7.60 Å². The molecule has 0 fully saturated rings. The zero-order valence-electron chi connectivity index (χ0n) is 19.0. The Kier molecular flexibility index (Phi) is 6.65. The molecule has 0 aliphatic carbocycles. The molecule has 2 aromatic carbocycles. The molecule has 4 N–H and O–H groups in total. The third-order valence-corrected chi connectivity index (χ3v) is 6.14. The van der Waals surface area contributed by atoms with Crippen molar-refractivity contribution in [1.29, 1.82) is 0 Å². The van der Waals surface area contributed by atoms with Crippen molar-refractivity contribution in [3.05, 3.63) is 64.8 Å². The van der Waals surface area contributed by atoms with E-state index in [1.807, 2.05) is 0 Å². The number of aromatic nitrogens is 2. The van der Waals surface area contributed by atoms with E-state index >= 15 is 0 Å². The maximum Gasteiger partial charge on any atom is 0.421 e. The van der Waals surface area contributed by atoms with E-state index in [0.29, 0.717) is 23.9 Å². The first-order valence-electron chi connectivity index (χ1n) is 10.4. The van der Waals surface area contributed by atoms with Crippen LogP contribution in [0.25, 0.3) is 0 Å². The molecule has 1 aliphatic rings. The highest BCUT2D eigenvalue weighted by atomic mass is 31.2. The summed E-state index contributed by atoms with van der Waals surface area (Å²) in [6, 6.07) is 9.11. The lowest BCUT2D eigenvalue weighted by Crippen LogP contribution is -2.18. The highest BCUT2D eigenvalue weighted by Crippen LogP contribution is 2.41. The van der Waals surface area contributed by atoms with Gasteiger partial charge in [0.15, 0.2) is 0 Å². The van der Waals surface area contributed by atoms with E-state index in [2.05, 4.69) is 20.6 Å². The highest BCUT2D eigenvalue weighted by Gasteiger charge is 2.36. The molecule has 2 heterocycles. The predicted octanol–water partition coefficient (Wildman–Crippen LogP) is 4.25. The van der Waals surface area contributed by atoms with Crippen LogP contribution in [0.15, 0.2) is 42.6 Å². The maximum absolute atomic E-state index is 13.7. The molecule has 1 aromatic heterocycles. The number of benzene rings is 2. The molecule has 0 saturated heterocycles. The Hall–Kier alpha value is -3.67. The summed E-state index contributed by atoms with van der Waals surface area (Å²) in [6.45, 7) is 0.338. The van der Waals surface area contributed by atoms with Crippen molar-refractivity contribution in [2.75, 3.05) is 24.8 Å². The van der Waals surface area contributed by atoms with Crippen molar-refractivity contribution in [2.45, 2.75) is 18.9 Å². The van der Waals surface area contributed by atoms with Crippen molar-refractivity contribution in [2.24, 2.45) is 0 Å². The van der Waals surface area contributed by atoms with Crippen LogP contribution in [0.4, 0.5) is 36.3 Å². The molecule has 0 atom stereocenters. The average molecular weight is 523 g/mol. The second kappa shape index (κ2) is 9.41. The van der Waals surface area contributed by atoms with Crippen molar-refractivity contribution in [1.82, 2.24) is 14.9 Å². The van der Waals surface area contributed by atoms with E-state index in [0.717, 1.165) is 0 Å². The van der Waals surface area contributed by atoms with Gasteiger partial charge in [0.1, 0.15) is 17.1 Å². The summed E-state index contributed by atoms with van der Waals surface area (Å²) in [5.41, 5.74) is 0.547. The van der Waals surface area contributed by atoms with Crippen molar-refractivity contribution < 1.29 is 37.1 Å². The predicted molar refractivity (Wildman–Crippen MR) is 125 cm³/mol. The zero-order valence-corrected chi connectivity index (χ0v) is 19.9. The van der Waals surface area contributed by atoms with Gasteiger partial charge in [-0.15, -0.1) is 0 Å². The number of fused-ring (bicyclic) bond motifs is 1. The van der Waals surface area contributed by atoms with Crippen LogP contribution in [-0.4, -0.2) is 44.7 Å². The maximum atomic E-state index is 13.7. The number of rotatable bonds is 7. The molecule has 190 valence electrons. The van der Waals surface area contributed by atoms with Gasteiger partial charge < -0.3 is 30.1 Å². The summed E-state index contributed by atoms with van der Waals surface area (Å²) in [6.07, 6.45) is -4.67. The van der Waals surface area contributed by atoms with E-state index in [1.54, 1.807) is 19.2 Å². The lowest BCUT2D eigenvalue weighted by molar-refractivity contribution is -0.137. The minimum absolute atomic E-state index is 0.175. The fourth-order valence-electron chi connectivity index (χ4n) is 3.77. The van der Waals surface area contributed by atoms with Gasteiger partial charge in [-0.1, -0.05) is 18.2 Å². The van der Waals surface area contributed by atoms with Gasteiger partial charge in [0.2, 0.25) is 5.95 Å². The number of nitrogens with one attached hydrogen (secondary N) is 2. The number of nitrogens with zero attached hydrogens (tertiary/aromatic N) is 3. The summed E-state index contributed by atoms with van der Waals surface area (Å²) in [4.78, 5) is 40.1. The number of amides is 1. The molecule has 0 unspecified atom stereocenters. The van der Waals surface area contributed by atoms with E-state index in [-0.39, 0.29) is 34.5 Å². The largest absolute Gasteiger partial charge is 0.495 e. The van der Waals surface area contributed by atoms with E-state index in [4.69, 9.17) is 4.74 Å². The van der Waals surface area contributed by atoms with Crippen molar-refractivity contribution >= 4 is 36.6 Å². The Morgan fingerprint density at radius 3 is 2.58 bits per heavy atom. The summed E-state index contributed by atoms with van der Waals surface area (Å²) in [5, 5.41) is 5.41. The Balaban J connectivity index is 1.69. The monoisotopic (exact) mass is 523 g/mol. The fourth-order valence-corrected chi connectivity index (χ4v) is 4.45. The standard InChI is InChI=1S/C22H21F3N5O5P/c1-30-10-13-4-3-5-16(18(13)20(30)31)27-19-14(22(23,24)25)9-26-21(29-19)28-15-7-6-12(8-17(15)35-2)11-36(32,33)34/h3-9H,10-11H2,1-2H3,(H2,32,33,34)(H2,26,27,28,29). The minimum Gasteiger partial charge on any atom is -0.495 e. The van der Waals surface area contributed by atoms with Gasteiger partial charge >= 0.3 is 13.8 Å². The van der Waals surface area contributed by atoms with Gasteiger partial charge in [-0.25, -0.2) is 4.98 Å². The van der Waals surface area contributed by atoms with Crippen molar-refractivity contribution in [3.63, 3.8) is 0 Å². The smallest absolute Gasteiger partial charge is 0.421 e. The zero-order chi connectivity index (χ0) is 26.3. The number of hydrogen-bond donors (Lipinski definition) is 4. The number of methoxy groups -OCH3 is 1. The molecule has 4 rings (SSSR count). The van der Waals surface area contributed by atoms with E-state index in [1.165, 1.54) is 36.3 Å². The molecule has 14 heteroatoms. The number of anilines is 4. The lowest BCUT2D eigenvalue weighted by Gasteiger charge is -2.17. The number of carbonyl (C=O) groups is 1. The van der Waals surface area contributed by atoms with E-state index < -0.39 is 31.3 Å². The number of halogens is 3. The lowest BCUT2D eigenvalue weighted by atomic mass is 10.1. The molecule has 0 saturated carbocycles. The summed E-state index contributed by atoms with van der Waals surface area (Å²) < 4.78 is 57.7. The summed E-state index contributed by atoms with van der Waals surface area (Å²) >= 11 is 0. The van der Waals surface area contributed by atoms with Crippen molar-refractivity contribution in [3.8, 4) is 5.75 Å². The van der Waals surface area contributed by atoms with Gasteiger partial charge in [0, 0.05) is 19.8 Å². The van der Waals surface area contributed by atoms with Crippen LogP contribution in [0, 0.1) is 0 Å². The molecule has 36 heavy (non-hydrogen) atoms. The molecule has 0 spiro atoms. The molecular weight excluding hydrogens is 502 g/mol. The molecule has 3 aromatic rings. The molecule has 0 bridgehead atoms. The second-order valence-corrected chi connectivity index (χ2v) is 9.71. The van der Waals surface area contributed by atoms with Crippen LogP contribution in [0.3, 0.4) is 0 Å². The van der Waals surface area contributed by atoms with E-state index in [9.17, 15) is 32.3 Å². The second-order valence-electron chi connectivity index (χ2n) is 8.06. The van der Waals surface area contributed by atoms with Gasteiger partial charge in [0.25, 0.3) is 5.91 Å². The summed E-state index contributed by atoms with van der Waals surface area (Å²) in [5.74, 6) is -0.918. The Morgan fingerprint density at radius 1 is 1.17 bits per heavy atom. The summed E-state index contributed by atoms with van der Waals surface area (Å²) in [7, 11) is -1.40. The first-order chi connectivity index (χ1) is 16.9. The van der Waals surface area contributed by atoms with Crippen LogP contribution in [-0.2, 0) is 23.4 Å². The molecule has 0 radical (unpaired) electrons. The van der Waals surface area contributed by atoms with Gasteiger partial charge in [-0.2, -0.15) is 18.2 Å². The van der Waals surface area contributed by atoms with Crippen LogP contribution in [0.2, 0.25) is 0 Å². The third kappa shape index (κ3) is 5.43. The highest BCUT2D eigenvalue weighted by molar-refractivity contribution is 7.50. The minimum atomic E-state index is -4.78. The fraction of sp³-hybridized carbons (Fsp3) is 0.227. The first-order valence-corrected chi connectivity index (χ1v) is 12.2. The van der Waals surface area contributed by atoms with Crippen LogP contribution in [0.1, 0.15) is 27.0 Å². The number of alkyl halides is 3. The SMILES string of the molecule is COc1cc(CP(=O)(O)O)ccc1Nc1ncc(C(F)(F)F)c(Nc2cccc3c2C(=O)N(C)C3)n1. The Bertz CT molecular complexity index is 1380. The number of ether oxygens (including phenoxy) is 1. The van der Waals surface area contributed by atoms with Crippen LogP contribution in [0.5, 0.6) is 5.75 Å². The molecular formula is C22H21F3N5O5P. The Morgan fingerprint density at radius 2 is 1.92 bits per heavy atom. The first kappa shape index (κ1) is 25.4. The normalized spacial score (nSPS) is 13.5. The molecule has 1 aliphatic heterocycles. The van der Waals surface area contributed by atoms with Gasteiger partial charge in [-0.3, -0.25) is 9.36 Å². The number of carbonyl (C=O) groups excluding carboxylic acids is 1. The average Bonchev–Trinajstić information content (AvgIpc) is 3.07. The molecule has 1 amide bonds. The number of hydrogen-bond acceptors (Lipinski definition) is 7. The third-order valence-electron chi connectivity index (χ3n) is 5.37. The van der Waals surface area contributed by atoms with Gasteiger partial charge in [-0.05, 0) is 29.3 Å². The topological polar surface area (TPSA) is 137 Å². The Labute approximate surface area is 203 Å². The quantitative estimate of drug-likeness (QED) is 0.335. The van der Waals surface area contributed by atoms with Gasteiger partial charge in [0.05, 0.1) is 30.2 Å². The van der Waals surface area contributed by atoms with Crippen LogP contribution < -0.4 is 15.4 Å². The molecule has 10 nitrogen and oxygen atoms in total.